The Morgan fingerprint density at radius 1 is 1.10 bits per heavy atom. The highest BCUT2D eigenvalue weighted by Crippen LogP contribution is 2.22. The third-order valence-electron chi connectivity index (χ3n) is 3.27. The summed E-state index contributed by atoms with van der Waals surface area (Å²) in [4.78, 5) is 16.3. The van der Waals surface area contributed by atoms with Gasteiger partial charge in [-0.15, -0.1) is 0 Å². The minimum Gasteiger partial charge on any atom is -0.320 e. The number of nitrogens with one attached hydrogen (secondary N) is 1. The predicted octanol–water partition coefficient (Wildman–Crippen LogP) is 3.94. The van der Waals surface area contributed by atoms with Gasteiger partial charge in [0.2, 0.25) is 0 Å². The first-order valence-corrected chi connectivity index (χ1v) is 6.71. The molecule has 1 amide bonds. The second-order valence-corrected chi connectivity index (χ2v) is 5.92. The Morgan fingerprint density at radius 2 is 1.75 bits per heavy atom. The maximum absolute atomic E-state index is 12.2. The van der Waals surface area contributed by atoms with Gasteiger partial charge < -0.3 is 5.32 Å². The van der Waals surface area contributed by atoms with Gasteiger partial charge in [-0.2, -0.15) is 0 Å². The first kappa shape index (κ1) is 14.3. The summed E-state index contributed by atoms with van der Waals surface area (Å²) in [7, 11) is 0. The van der Waals surface area contributed by atoms with E-state index in [1.165, 1.54) is 5.56 Å². The monoisotopic (exact) mass is 268 g/mol. The maximum atomic E-state index is 12.2. The lowest BCUT2D eigenvalue weighted by Gasteiger charge is -2.19. The summed E-state index contributed by atoms with van der Waals surface area (Å²) in [5.41, 5.74) is 3.52. The summed E-state index contributed by atoms with van der Waals surface area (Å²) < 4.78 is 0. The average molecular weight is 268 g/mol. The fraction of sp³-hybridized carbons (Fsp3) is 0.294. The van der Waals surface area contributed by atoms with Crippen molar-refractivity contribution in [3.8, 4) is 0 Å². The number of pyridine rings is 1. The summed E-state index contributed by atoms with van der Waals surface area (Å²) >= 11 is 0. The molecule has 1 aromatic heterocycles. The molecule has 0 atom stereocenters. The van der Waals surface area contributed by atoms with Crippen LogP contribution < -0.4 is 5.32 Å². The Morgan fingerprint density at radius 3 is 2.30 bits per heavy atom. The maximum Gasteiger partial charge on any atom is 0.255 e. The van der Waals surface area contributed by atoms with E-state index < -0.39 is 0 Å². The van der Waals surface area contributed by atoms with Crippen LogP contribution in [0.4, 0.5) is 5.69 Å². The van der Waals surface area contributed by atoms with Crippen LogP contribution in [0, 0.1) is 6.92 Å². The summed E-state index contributed by atoms with van der Waals surface area (Å²) in [6, 6.07) is 11.4. The largest absolute Gasteiger partial charge is 0.320 e. The number of rotatable bonds is 2. The average Bonchev–Trinajstić information content (AvgIpc) is 2.40. The lowest BCUT2D eigenvalue weighted by molar-refractivity contribution is 0.102. The highest BCUT2D eigenvalue weighted by Gasteiger charge is 2.14. The van der Waals surface area contributed by atoms with Gasteiger partial charge in [0.05, 0.1) is 11.4 Å². The van der Waals surface area contributed by atoms with Crippen LogP contribution >= 0.6 is 0 Å². The number of carbonyl (C=O) groups is 1. The van der Waals surface area contributed by atoms with Gasteiger partial charge in [0, 0.05) is 11.8 Å². The van der Waals surface area contributed by atoms with Crippen LogP contribution in [0.2, 0.25) is 0 Å². The van der Waals surface area contributed by atoms with Crippen molar-refractivity contribution < 1.29 is 4.79 Å². The van der Waals surface area contributed by atoms with Crippen LogP contribution in [0.1, 0.15) is 42.4 Å². The number of hydrogen-bond donors (Lipinski definition) is 1. The van der Waals surface area contributed by atoms with Crippen molar-refractivity contribution >= 4 is 11.6 Å². The Hall–Kier alpha value is -2.16. The molecule has 0 spiro atoms. The molecule has 1 heterocycles. The quantitative estimate of drug-likeness (QED) is 0.896. The predicted molar refractivity (Wildman–Crippen MR) is 82.1 cm³/mol. The highest BCUT2D eigenvalue weighted by molar-refractivity contribution is 6.04. The number of benzene rings is 1. The van der Waals surface area contributed by atoms with Crippen LogP contribution in [0.3, 0.4) is 0 Å². The minimum absolute atomic E-state index is 0.0922. The molecule has 3 nitrogen and oxygen atoms in total. The summed E-state index contributed by atoms with van der Waals surface area (Å²) in [6.07, 6.45) is 1.71. The highest BCUT2D eigenvalue weighted by atomic mass is 16.1. The number of amides is 1. The molecule has 0 fully saturated rings. The third-order valence-corrected chi connectivity index (χ3v) is 3.27. The molecule has 0 saturated heterocycles. The zero-order valence-corrected chi connectivity index (χ0v) is 12.4. The lowest BCUT2D eigenvalue weighted by atomic mass is 9.87. The molecule has 20 heavy (non-hydrogen) atoms. The fourth-order valence-corrected chi connectivity index (χ4v) is 1.93. The van der Waals surface area contributed by atoms with Gasteiger partial charge in [0.25, 0.3) is 5.91 Å². The number of aryl methyl sites for hydroxylation is 1. The van der Waals surface area contributed by atoms with E-state index in [9.17, 15) is 4.79 Å². The van der Waals surface area contributed by atoms with E-state index >= 15 is 0 Å². The van der Waals surface area contributed by atoms with Crippen molar-refractivity contribution in [2.75, 3.05) is 5.32 Å². The zero-order valence-electron chi connectivity index (χ0n) is 12.4. The molecule has 1 N–H and O–H groups in total. The molecule has 3 heteroatoms. The van der Waals surface area contributed by atoms with Crippen LogP contribution in [0.15, 0.2) is 42.6 Å². The van der Waals surface area contributed by atoms with Crippen LogP contribution in [0.25, 0.3) is 0 Å². The first-order chi connectivity index (χ1) is 9.38. The zero-order chi connectivity index (χ0) is 14.8. The van der Waals surface area contributed by atoms with Crippen molar-refractivity contribution in [1.29, 1.82) is 0 Å². The van der Waals surface area contributed by atoms with Crippen molar-refractivity contribution in [2.45, 2.75) is 33.1 Å². The molecule has 2 rings (SSSR count). The fourth-order valence-electron chi connectivity index (χ4n) is 1.93. The number of anilines is 1. The van der Waals surface area contributed by atoms with Crippen molar-refractivity contribution in [3.05, 3.63) is 59.4 Å². The molecule has 0 aliphatic carbocycles. The smallest absolute Gasteiger partial charge is 0.255 e. The van der Waals surface area contributed by atoms with E-state index in [-0.39, 0.29) is 11.3 Å². The molecule has 0 saturated carbocycles. The molecule has 2 aromatic rings. The van der Waals surface area contributed by atoms with E-state index in [1.54, 1.807) is 6.20 Å². The summed E-state index contributed by atoms with van der Waals surface area (Å²) in [6.45, 7) is 8.33. The summed E-state index contributed by atoms with van der Waals surface area (Å²) in [5, 5.41) is 2.88. The summed E-state index contributed by atoms with van der Waals surface area (Å²) in [5.74, 6) is -0.110. The number of nitrogens with zero attached hydrogens (tertiary/aromatic N) is 1. The number of carbonyl (C=O) groups excluding carboxylic acids is 1. The molecule has 0 radical (unpaired) electrons. The second kappa shape index (κ2) is 5.45. The molecule has 0 bridgehead atoms. The van der Waals surface area contributed by atoms with Gasteiger partial charge in [0.1, 0.15) is 0 Å². The molecule has 104 valence electrons. The van der Waals surface area contributed by atoms with E-state index in [0.717, 1.165) is 11.4 Å². The Bertz CT molecular complexity index is 610. The van der Waals surface area contributed by atoms with E-state index in [4.69, 9.17) is 0 Å². The Balaban J connectivity index is 2.16. The van der Waals surface area contributed by atoms with Crippen LogP contribution in [-0.4, -0.2) is 10.9 Å². The van der Waals surface area contributed by atoms with Gasteiger partial charge in [-0.3, -0.25) is 9.78 Å². The first-order valence-electron chi connectivity index (χ1n) is 6.71. The molecule has 1 aromatic carbocycles. The molecule has 0 aliphatic heterocycles. The second-order valence-electron chi connectivity index (χ2n) is 5.92. The van der Waals surface area contributed by atoms with E-state index in [0.29, 0.717) is 5.56 Å². The van der Waals surface area contributed by atoms with Gasteiger partial charge >= 0.3 is 0 Å². The van der Waals surface area contributed by atoms with Crippen molar-refractivity contribution in [1.82, 2.24) is 4.98 Å². The van der Waals surface area contributed by atoms with Crippen molar-refractivity contribution in [3.63, 3.8) is 0 Å². The standard InChI is InChI=1S/C17H20N2O/c1-12-15(6-5-11-18-12)19-16(20)13-7-9-14(10-8-13)17(2,3)4/h5-11H,1-4H3,(H,19,20). The normalized spacial score (nSPS) is 11.2. The third kappa shape index (κ3) is 3.23. The lowest BCUT2D eigenvalue weighted by Crippen LogP contribution is -2.15. The topological polar surface area (TPSA) is 42.0 Å². The molecule has 0 unspecified atom stereocenters. The SMILES string of the molecule is Cc1ncccc1NC(=O)c1ccc(C(C)(C)C)cc1. The number of aromatic nitrogens is 1. The van der Waals surface area contributed by atoms with Gasteiger partial charge in [0.15, 0.2) is 0 Å². The van der Waals surface area contributed by atoms with Gasteiger partial charge in [-0.05, 0) is 42.2 Å². The van der Waals surface area contributed by atoms with E-state index in [1.807, 2.05) is 43.3 Å². The number of hydrogen-bond acceptors (Lipinski definition) is 2. The van der Waals surface area contributed by atoms with Gasteiger partial charge in [-0.1, -0.05) is 32.9 Å². The van der Waals surface area contributed by atoms with Crippen LogP contribution in [0.5, 0.6) is 0 Å². The minimum atomic E-state index is -0.110. The molecular formula is C17H20N2O. The Labute approximate surface area is 120 Å². The van der Waals surface area contributed by atoms with Gasteiger partial charge in [-0.25, -0.2) is 0 Å². The van der Waals surface area contributed by atoms with E-state index in [2.05, 4.69) is 31.1 Å². The molecular weight excluding hydrogens is 248 g/mol. The molecule has 0 aliphatic rings. The van der Waals surface area contributed by atoms with Crippen molar-refractivity contribution in [2.24, 2.45) is 0 Å². The Kier molecular flexibility index (Phi) is 3.89. The van der Waals surface area contributed by atoms with Crippen LogP contribution in [-0.2, 0) is 5.41 Å².